The van der Waals surface area contributed by atoms with Crippen molar-refractivity contribution in [3.63, 3.8) is 0 Å². The largest absolute Gasteiger partial charge is 0.397 e. The quantitative estimate of drug-likeness (QED) is 0.839. The highest BCUT2D eigenvalue weighted by Gasteiger charge is 2.07. The molecule has 1 aromatic heterocycles. The van der Waals surface area contributed by atoms with Gasteiger partial charge in [-0.05, 0) is 12.1 Å². The van der Waals surface area contributed by atoms with Crippen molar-refractivity contribution in [3.8, 4) is 0 Å². The number of nitrogens with two attached hydrogens (primary N) is 1. The molecule has 90 valence electrons. The van der Waals surface area contributed by atoms with Crippen LogP contribution in [-0.4, -0.2) is 23.9 Å². The molecule has 0 bridgehead atoms. The van der Waals surface area contributed by atoms with E-state index in [0.717, 1.165) is 0 Å². The number of nitrogens with zero attached hydrogens (tertiary/aromatic N) is 1. The zero-order chi connectivity index (χ0) is 11.3. The molecule has 1 amide bonds. The molecule has 0 aliphatic heterocycles. The predicted octanol–water partition coefficient (Wildman–Crippen LogP) is 1.01. The lowest BCUT2D eigenvalue weighted by atomic mass is 10.2. The fraction of sp³-hybridized carbons (Fsp3) is 0.333. The number of aromatic nitrogens is 1. The monoisotopic (exact) mass is 251 g/mol. The molecule has 0 aliphatic rings. The fourth-order valence-electron chi connectivity index (χ4n) is 0.958. The highest BCUT2D eigenvalue weighted by Crippen LogP contribution is 2.01. The van der Waals surface area contributed by atoms with Crippen LogP contribution in [0.1, 0.15) is 5.69 Å². The van der Waals surface area contributed by atoms with Crippen molar-refractivity contribution >= 4 is 24.0 Å². The maximum absolute atomic E-state index is 11.7. The molecule has 0 aromatic carbocycles. The number of nitrogens with one attached hydrogen (secondary N) is 1. The number of halogens is 3. The number of rotatable bonds is 4. The first-order chi connectivity index (χ1) is 7.08. The lowest BCUT2D eigenvalue weighted by molar-refractivity contribution is -0.121. The van der Waals surface area contributed by atoms with Crippen LogP contribution in [0.25, 0.3) is 0 Å². The Kier molecular flexibility index (Phi) is 6.32. The lowest BCUT2D eigenvalue weighted by Gasteiger charge is -2.03. The van der Waals surface area contributed by atoms with Crippen LogP contribution >= 0.6 is 12.4 Å². The van der Waals surface area contributed by atoms with Gasteiger partial charge in [0.05, 0.1) is 24.8 Å². The lowest BCUT2D eigenvalue weighted by Crippen LogP contribution is -2.29. The van der Waals surface area contributed by atoms with Gasteiger partial charge in [0.1, 0.15) is 0 Å². The van der Waals surface area contributed by atoms with Gasteiger partial charge in [0.2, 0.25) is 5.91 Å². The number of hydrogen-bond acceptors (Lipinski definition) is 3. The van der Waals surface area contributed by atoms with E-state index in [0.29, 0.717) is 11.4 Å². The summed E-state index contributed by atoms with van der Waals surface area (Å²) in [5, 5.41) is 2.09. The van der Waals surface area contributed by atoms with Gasteiger partial charge in [0.25, 0.3) is 6.43 Å². The van der Waals surface area contributed by atoms with Crippen molar-refractivity contribution in [2.75, 3.05) is 12.3 Å². The number of hydrogen-bond donors (Lipinski definition) is 2. The zero-order valence-corrected chi connectivity index (χ0v) is 9.14. The van der Waals surface area contributed by atoms with E-state index in [1.807, 2.05) is 0 Å². The summed E-state index contributed by atoms with van der Waals surface area (Å²) in [7, 11) is 0. The van der Waals surface area contributed by atoms with Crippen molar-refractivity contribution in [3.05, 3.63) is 24.0 Å². The highest BCUT2D eigenvalue weighted by atomic mass is 35.5. The predicted molar refractivity (Wildman–Crippen MR) is 58.6 cm³/mol. The van der Waals surface area contributed by atoms with Crippen molar-refractivity contribution < 1.29 is 13.6 Å². The van der Waals surface area contributed by atoms with Crippen LogP contribution < -0.4 is 11.1 Å². The summed E-state index contributed by atoms with van der Waals surface area (Å²) >= 11 is 0. The van der Waals surface area contributed by atoms with E-state index < -0.39 is 18.9 Å². The molecule has 16 heavy (non-hydrogen) atoms. The number of pyridine rings is 1. The molecule has 3 N–H and O–H groups in total. The molecule has 0 saturated carbocycles. The summed E-state index contributed by atoms with van der Waals surface area (Å²) in [4.78, 5) is 15.0. The Bertz CT molecular complexity index is 332. The van der Waals surface area contributed by atoms with Crippen molar-refractivity contribution in [2.45, 2.75) is 12.8 Å². The first kappa shape index (κ1) is 14.6. The molecule has 7 heteroatoms. The van der Waals surface area contributed by atoms with E-state index in [9.17, 15) is 13.6 Å². The average molecular weight is 252 g/mol. The number of nitrogen functional groups attached to an aromatic ring is 1. The van der Waals surface area contributed by atoms with Gasteiger partial charge in [-0.25, -0.2) is 8.78 Å². The summed E-state index contributed by atoms with van der Waals surface area (Å²) in [5.41, 5.74) is 6.38. The maximum atomic E-state index is 11.7. The minimum Gasteiger partial charge on any atom is -0.397 e. The van der Waals surface area contributed by atoms with Crippen LogP contribution in [0.2, 0.25) is 0 Å². The third kappa shape index (κ3) is 5.45. The molecule has 0 unspecified atom stereocenters. The van der Waals surface area contributed by atoms with Crippen LogP contribution in [0.15, 0.2) is 18.3 Å². The van der Waals surface area contributed by atoms with E-state index in [2.05, 4.69) is 10.3 Å². The molecule has 0 saturated heterocycles. The average Bonchev–Trinajstić information content (AvgIpc) is 2.19. The maximum Gasteiger partial charge on any atom is 0.255 e. The number of carbonyl (C=O) groups is 1. The molecule has 4 nitrogen and oxygen atoms in total. The van der Waals surface area contributed by atoms with Gasteiger partial charge < -0.3 is 11.1 Å². The first-order valence-electron chi connectivity index (χ1n) is 4.33. The summed E-state index contributed by atoms with van der Waals surface area (Å²) in [6.45, 7) is -0.631. The van der Waals surface area contributed by atoms with Crippen LogP contribution in [0.4, 0.5) is 14.5 Å². The first-order valence-corrected chi connectivity index (χ1v) is 4.33. The third-order valence-electron chi connectivity index (χ3n) is 1.64. The van der Waals surface area contributed by atoms with Gasteiger partial charge in [-0.2, -0.15) is 0 Å². The van der Waals surface area contributed by atoms with Gasteiger partial charge in [-0.15, -0.1) is 12.4 Å². The number of alkyl halides is 2. The van der Waals surface area contributed by atoms with Gasteiger partial charge in [-0.1, -0.05) is 0 Å². The second-order valence-corrected chi connectivity index (χ2v) is 2.95. The highest BCUT2D eigenvalue weighted by molar-refractivity contribution is 5.85. The fourth-order valence-corrected chi connectivity index (χ4v) is 0.958. The van der Waals surface area contributed by atoms with Gasteiger partial charge in [-0.3, -0.25) is 9.78 Å². The van der Waals surface area contributed by atoms with Gasteiger partial charge in [0.15, 0.2) is 0 Å². The smallest absolute Gasteiger partial charge is 0.255 e. The SMILES string of the molecule is Cl.Nc1ccc(CC(=O)NCC(F)F)nc1. The third-order valence-corrected chi connectivity index (χ3v) is 1.64. The minimum atomic E-state index is -2.53. The van der Waals surface area contributed by atoms with Gasteiger partial charge in [0, 0.05) is 5.69 Å². The molecule has 0 aliphatic carbocycles. The Balaban J connectivity index is 0.00000225. The van der Waals surface area contributed by atoms with E-state index in [1.54, 1.807) is 12.1 Å². The summed E-state index contributed by atoms with van der Waals surface area (Å²) < 4.78 is 23.5. The van der Waals surface area contributed by atoms with Crippen molar-refractivity contribution in [2.24, 2.45) is 0 Å². The topological polar surface area (TPSA) is 68.0 Å². The van der Waals surface area contributed by atoms with Crippen LogP contribution in [0.3, 0.4) is 0 Å². The zero-order valence-electron chi connectivity index (χ0n) is 8.32. The van der Waals surface area contributed by atoms with Crippen LogP contribution in [0, 0.1) is 0 Å². The number of anilines is 1. The normalized spacial score (nSPS) is 9.69. The number of carbonyl (C=O) groups excluding carboxylic acids is 1. The summed E-state index contributed by atoms with van der Waals surface area (Å²) in [5.74, 6) is -0.479. The number of amides is 1. The Hall–Kier alpha value is -1.43. The molecule has 1 rings (SSSR count). The Morgan fingerprint density at radius 1 is 1.50 bits per heavy atom. The minimum absolute atomic E-state index is 0. The Labute approximate surface area is 97.6 Å². The van der Waals surface area contributed by atoms with E-state index >= 15 is 0 Å². The summed E-state index contributed by atoms with van der Waals surface area (Å²) in [6.07, 6.45) is -1.14. The standard InChI is InChI=1S/C9H11F2N3O.ClH/c10-8(11)5-14-9(15)3-7-2-1-6(12)4-13-7;/h1-2,4,8H,3,5,12H2,(H,14,15);1H. The molecular weight excluding hydrogens is 240 g/mol. The van der Waals surface area contributed by atoms with Crippen LogP contribution in [-0.2, 0) is 11.2 Å². The van der Waals surface area contributed by atoms with Crippen molar-refractivity contribution in [1.82, 2.24) is 10.3 Å². The molecule has 1 aromatic rings. The Morgan fingerprint density at radius 2 is 2.19 bits per heavy atom. The summed E-state index contributed by atoms with van der Waals surface area (Å²) in [6, 6.07) is 3.18. The molecule has 0 radical (unpaired) electrons. The molecule has 0 fully saturated rings. The molecular formula is C9H12ClF2N3O. The molecule has 1 heterocycles. The van der Waals surface area contributed by atoms with Gasteiger partial charge >= 0.3 is 0 Å². The molecule has 0 spiro atoms. The second kappa shape index (κ2) is 6.95. The second-order valence-electron chi connectivity index (χ2n) is 2.95. The molecule has 0 atom stereocenters. The van der Waals surface area contributed by atoms with E-state index in [4.69, 9.17) is 5.73 Å². The van der Waals surface area contributed by atoms with E-state index in [-0.39, 0.29) is 18.8 Å². The van der Waals surface area contributed by atoms with Crippen LogP contribution in [0.5, 0.6) is 0 Å². The van der Waals surface area contributed by atoms with Crippen molar-refractivity contribution in [1.29, 1.82) is 0 Å². The van der Waals surface area contributed by atoms with E-state index in [1.165, 1.54) is 6.20 Å². The Morgan fingerprint density at radius 3 is 2.69 bits per heavy atom.